The van der Waals surface area contributed by atoms with E-state index in [4.69, 9.17) is 25.5 Å². The zero-order valence-electron chi connectivity index (χ0n) is 35.7. The van der Waals surface area contributed by atoms with Gasteiger partial charge in [0.25, 0.3) is 11.8 Å². The minimum atomic E-state index is -5.08. The molecule has 17 nitrogen and oxygen atoms in total. The topological polar surface area (TPSA) is 209 Å². The minimum Gasteiger partial charge on any atom is -0.475 e. The van der Waals surface area contributed by atoms with Gasteiger partial charge in [0.05, 0.1) is 22.6 Å². The van der Waals surface area contributed by atoms with Gasteiger partial charge in [-0.2, -0.15) is 18.3 Å². The van der Waals surface area contributed by atoms with E-state index >= 15 is 0 Å². The highest BCUT2D eigenvalue weighted by Gasteiger charge is 2.45. The minimum absolute atomic E-state index is 0.101. The number of carboxylic acids is 1. The third-order valence-electron chi connectivity index (χ3n) is 13.1. The predicted molar refractivity (Wildman–Crippen MR) is 234 cm³/mol. The van der Waals surface area contributed by atoms with Crippen LogP contribution in [0.3, 0.4) is 0 Å². The summed E-state index contributed by atoms with van der Waals surface area (Å²) in [7, 11) is 0. The molecule has 344 valence electrons. The van der Waals surface area contributed by atoms with E-state index in [9.17, 15) is 32.3 Å². The molecule has 3 aromatic carbocycles. The Morgan fingerprint density at radius 2 is 1.48 bits per heavy atom. The molecule has 1 unspecified atom stereocenters. The standard InChI is InChI=1S/C44H46N10O5.C2HF3O2/c45-40-38-39(28-6-9-33(10-7-28)59-32-4-2-1-3-5-32)49-54(41(38)47-26-46-40)29-16-18-50(19-17-29)23-27-14-20-51(21-15-27)31-24-52(25-31)30-8-11-34-35(22-30)44(58)53(43(34)57)36-12-13-37(55)48-42(36)56;3-2(4,5)1(6)7/h1-11,22,26-27,29,31,36H,12-21,23-25H2,(H2,45,46,47)(H,48,55,56);(H,6,7). The SMILES string of the molecule is Nc1ncnc2c1c(-c1ccc(Oc3ccccc3)cc1)nn2C1CCN(CC2CCN(C3CN(c4ccc5c(c4)C(=O)N(C4CCC(=O)NC4=O)C5=O)C3)CC2)CC1.O=C(O)C(F)(F)F. The van der Waals surface area contributed by atoms with Crippen LogP contribution in [0, 0.1) is 5.92 Å². The Morgan fingerprint density at radius 1 is 0.818 bits per heavy atom. The number of carbonyl (C=O) groups is 5. The number of amides is 4. The lowest BCUT2D eigenvalue weighted by Gasteiger charge is -2.49. The van der Waals surface area contributed by atoms with Crippen LogP contribution >= 0.6 is 0 Å². The largest absolute Gasteiger partial charge is 0.490 e. The summed E-state index contributed by atoms with van der Waals surface area (Å²) in [6.07, 6.45) is 0.992. The molecular formula is C46H47F3N10O7. The molecule has 7 heterocycles. The lowest BCUT2D eigenvalue weighted by Crippen LogP contribution is -2.61. The first-order chi connectivity index (χ1) is 31.7. The molecule has 0 aliphatic carbocycles. The fourth-order valence-electron chi connectivity index (χ4n) is 9.52. The monoisotopic (exact) mass is 908 g/mol. The molecule has 4 amide bonds. The second-order valence-corrected chi connectivity index (χ2v) is 17.2. The fraction of sp³-hybridized carbons (Fsp3) is 0.391. The average molecular weight is 909 g/mol. The average Bonchev–Trinajstić information content (AvgIpc) is 3.79. The van der Waals surface area contributed by atoms with Crippen LogP contribution in [0.15, 0.2) is 79.1 Å². The number of carbonyl (C=O) groups excluding carboxylic acids is 4. The Labute approximate surface area is 376 Å². The number of nitrogen functional groups attached to an aromatic ring is 1. The number of benzene rings is 3. The summed E-state index contributed by atoms with van der Waals surface area (Å²) in [6.45, 7) is 6.98. The van der Waals surface area contributed by atoms with E-state index < -0.39 is 35.9 Å². The van der Waals surface area contributed by atoms with Gasteiger partial charge in [-0.25, -0.2) is 19.4 Å². The summed E-state index contributed by atoms with van der Waals surface area (Å²) in [5, 5.41) is 15.3. The van der Waals surface area contributed by atoms with Crippen molar-refractivity contribution in [2.24, 2.45) is 5.92 Å². The smallest absolute Gasteiger partial charge is 0.475 e. The van der Waals surface area contributed by atoms with Gasteiger partial charge < -0.3 is 25.4 Å². The number of fused-ring (bicyclic) bond motifs is 2. The van der Waals surface area contributed by atoms with Crippen molar-refractivity contribution in [1.82, 2.24) is 39.8 Å². The number of carboxylic acid groups (broad SMARTS) is 1. The zero-order chi connectivity index (χ0) is 46.3. The first-order valence-corrected chi connectivity index (χ1v) is 21.9. The zero-order valence-corrected chi connectivity index (χ0v) is 35.7. The molecule has 0 radical (unpaired) electrons. The molecular weight excluding hydrogens is 862 g/mol. The van der Waals surface area contributed by atoms with Crippen molar-refractivity contribution in [3.8, 4) is 22.8 Å². The maximum atomic E-state index is 13.3. The molecule has 0 spiro atoms. The number of imide groups is 2. The summed E-state index contributed by atoms with van der Waals surface area (Å²) in [5.41, 5.74) is 10.5. The number of nitrogens with two attached hydrogens (primary N) is 1. The van der Waals surface area contributed by atoms with E-state index in [-0.39, 0.29) is 24.8 Å². The maximum Gasteiger partial charge on any atom is 0.490 e. The molecule has 4 saturated heterocycles. The molecule has 1 atom stereocenters. The summed E-state index contributed by atoms with van der Waals surface area (Å²) in [5.74, 6) is -2.07. The first kappa shape index (κ1) is 44.3. The Hall–Kier alpha value is -6.93. The number of aliphatic carboxylic acids is 1. The lowest BCUT2D eigenvalue weighted by molar-refractivity contribution is -0.192. The number of likely N-dealkylation sites (tertiary alicyclic amines) is 2. The molecule has 0 saturated carbocycles. The molecule has 66 heavy (non-hydrogen) atoms. The first-order valence-electron chi connectivity index (χ1n) is 21.9. The van der Waals surface area contributed by atoms with Crippen molar-refractivity contribution in [3.05, 3.63) is 90.3 Å². The van der Waals surface area contributed by atoms with Crippen molar-refractivity contribution in [2.45, 2.75) is 62.8 Å². The molecule has 20 heteroatoms. The Morgan fingerprint density at radius 3 is 2.15 bits per heavy atom. The van der Waals surface area contributed by atoms with Crippen molar-refractivity contribution >= 4 is 52.1 Å². The number of piperidine rings is 3. The Bertz CT molecular complexity index is 2660. The van der Waals surface area contributed by atoms with Crippen LogP contribution in [0.25, 0.3) is 22.3 Å². The molecule has 10 rings (SSSR count). The van der Waals surface area contributed by atoms with Gasteiger partial charge in [0.2, 0.25) is 11.8 Å². The number of halogens is 3. The second-order valence-electron chi connectivity index (χ2n) is 17.2. The third kappa shape index (κ3) is 9.02. The van der Waals surface area contributed by atoms with Gasteiger partial charge in [-0.1, -0.05) is 18.2 Å². The molecule has 0 bridgehead atoms. The third-order valence-corrected chi connectivity index (χ3v) is 13.1. The molecule has 4 fully saturated rings. The van der Waals surface area contributed by atoms with E-state index in [1.807, 2.05) is 60.7 Å². The van der Waals surface area contributed by atoms with Crippen molar-refractivity contribution in [2.75, 3.05) is 56.4 Å². The lowest BCUT2D eigenvalue weighted by atomic mass is 9.92. The number of hydrogen-bond donors (Lipinski definition) is 3. The van der Waals surface area contributed by atoms with Crippen LogP contribution in [-0.4, -0.2) is 133 Å². The number of nitrogens with one attached hydrogen (secondary N) is 1. The number of ether oxygens (including phenoxy) is 1. The highest BCUT2D eigenvalue weighted by Crippen LogP contribution is 2.37. The fourth-order valence-corrected chi connectivity index (χ4v) is 9.52. The van der Waals surface area contributed by atoms with Gasteiger partial charge in [-0.3, -0.25) is 34.3 Å². The number of para-hydroxylation sites is 1. The van der Waals surface area contributed by atoms with Gasteiger partial charge in [-0.05, 0) is 106 Å². The van der Waals surface area contributed by atoms with Crippen molar-refractivity contribution < 1.29 is 47.0 Å². The summed E-state index contributed by atoms with van der Waals surface area (Å²) in [4.78, 5) is 76.9. The van der Waals surface area contributed by atoms with E-state index in [1.165, 1.54) is 19.2 Å². The molecule has 5 aromatic rings. The van der Waals surface area contributed by atoms with Crippen molar-refractivity contribution in [1.29, 1.82) is 0 Å². The Kier molecular flexibility index (Phi) is 12.2. The van der Waals surface area contributed by atoms with Crippen LogP contribution in [0.5, 0.6) is 11.5 Å². The number of anilines is 2. The normalized spacial score (nSPS) is 20.2. The highest BCUT2D eigenvalue weighted by molar-refractivity contribution is 6.23. The van der Waals surface area contributed by atoms with Gasteiger partial charge in [0.1, 0.15) is 35.4 Å². The van der Waals surface area contributed by atoms with Gasteiger partial charge in [-0.15, -0.1) is 0 Å². The van der Waals surface area contributed by atoms with Gasteiger partial charge in [0.15, 0.2) is 5.65 Å². The summed E-state index contributed by atoms with van der Waals surface area (Å²) in [6, 6.07) is 22.7. The second kappa shape index (κ2) is 18.2. The molecule has 2 aromatic heterocycles. The summed E-state index contributed by atoms with van der Waals surface area (Å²) < 4.78 is 39.8. The Balaban J connectivity index is 0.000000726. The summed E-state index contributed by atoms with van der Waals surface area (Å²) >= 11 is 0. The molecule has 5 aliphatic rings. The van der Waals surface area contributed by atoms with Crippen LogP contribution in [0.1, 0.15) is 65.3 Å². The van der Waals surface area contributed by atoms with Crippen LogP contribution in [0.4, 0.5) is 24.7 Å². The quantitative estimate of drug-likeness (QED) is 0.164. The number of nitrogens with zero attached hydrogens (tertiary/aromatic N) is 8. The number of alkyl halides is 3. The molecule has 4 N–H and O–H groups in total. The number of aromatic nitrogens is 4. The maximum absolute atomic E-state index is 13.3. The van der Waals surface area contributed by atoms with E-state index in [1.54, 1.807) is 12.1 Å². The van der Waals surface area contributed by atoms with Crippen molar-refractivity contribution in [3.63, 3.8) is 0 Å². The predicted octanol–water partition coefficient (Wildman–Crippen LogP) is 5.14. The van der Waals surface area contributed by atoms with Crippen LogP contribution in [-0.2, 0) is 14.4 Å². The van der Waals surface area contributed by atoms with Crippen LogP contribution in [0.2, 0.25) is 0 Å². The van der Waals surface area contributed by atoms with E-state index in [0.717, 1.165) is 103 Å². The van der Waals surface area contributed by atoms with E-state index in [0.29, 0.717) is 28.9 Å². The highest BCUT2D eigenvalue weighted by atomic mass is 19.4. The number of rotatable bonds is 9. The number of hydrogen-bond acceptors (Lipinski definition) is 13. The molecule has 5 aliphatic heterocycles. The van der Waals surface area contributed by atoms with Gasteiger partial charge in [0, 0.05) is 56.4 Å². The van der Waals surface area contributed by atoms with Gasteiger partial charge >= 0.3 is 12.1 Å². The van der Waals surface area contributed by atoms with E-state index in [2.05, 4.69) is 34.7 Å². The van der Waals surface area contributed by atoms with Crippen LogP contribution < -0.4 is 20.7 Å².